The number of carbonyl (C=O) groups excluding carboxylic acids is 1. The van der Waals surface area contributed by atoms with Gasteiger partial charge in [0.25, 0.3) is 0 Å². The monoisotopic (exact) mass is 314 g/mol. The molecule has 0 spiro atoms. The van der Waals surface area contributed by atoms with Crippen molar-refractivity contribution in [2.45, 2.75) is 58.0 Å². The van der Waals surface area contributed by atoms with Crippen molar-refractivity contribution in [2.75, 3.05) is 13.1 Å². The molecule has 1 N–H and O–H groups in total. The lowest BCUT2D eigenvalue weighted by atomic mass is 9.87. The van der Waals surface area contributed by atoms with E-state index in [0.717, 1.165) is 32.5 Å². The number of rotatable bonds is 4. The van der Waals surface area contributed by atoms with Gasteiger partial charge in [-0.1, -0.05) is 56.5 Å². The van der Waals surface area contributed by atoms with Gasteiger partial charge in [-0.2, -0.15) is 0 Å². The first-order valence-electron chi connectivity index (χ1n) is 9.28. The van der Waals surface area contributed by atoms with Crippen molar-refractivity contribution >= 4 is 5.91 Å². The van der Waals surface area contributed by atoms with Crippen LogP contribution in [0.4, 0.5) is 0 Å². The molecule has 0 bridgehead atoms. The molecule has 23 heavy (non-hydrogen) atoms. The third kappa shape index (κ3) is 4.57. The van der Waals surface area contributed by atoms with E-state index in [1.165, 1.54) is 31.2 Å². The van der Waals surface area contributed by atoms with Crippen LogP contribution in [0.15, 0.2) is 30.3 Å². The smallest absolute Gasteiger partial charge is 0.225 e. The first kappa shape index (κ1) is 16.5. The van der Waals surface area contributed by atoms with E-state index in [-0.39, 0.29) is 0 Å². The molecule has 0 aromatic heterocycles. The minimum absolute atomic E-state index is 0.295. The Kier molecular flexibility index (Phi) is 5.71. The second-order valence-electron chi connectivity index (χ2n) is 7.48. The lowest BCUT2D eigenvalue weighted by molar-refractivity contribution is -0.138. The third-order valence-electron chi connectivity index (χ3n) is 5.36. The molecule has 1 aliphatic carbocycles. The first-order valence-corrected chi connectivity index (χ1v) is 9.28. The van der Waals surface area contributed by atoms with Crippen LogP contribution in [0.1, 0.15) is 51.0 Å². The Labute approximate surface area is 140 Å². The molecular formula is C20H30N2O. The number of benzene rings is 1. The largest absolute Gasteiger partial charge is 0.341 e. The van der Waals surface area contributed by atoms with E-state index in [1.807, 2.05) is 0 Å². The molecule has 126 valence electrons. The summed E-state index contributed by atoms with van der Waals surface area (Å²) in [6.07, 6.45) is 7.14. The van der Waals surface area contributed by atoms with Crippen molar-refractivity contribution in [3.05, 3.63) is 35.9 Å². The van der Waals surface area contributed by atoms with Crippen LogP contribution in [-0.4, -0.2) is 29.9 Å². The van der Waals surface area contributed by atoms with E-state index in [9.17, 15) is 4.79 Å². The van der Waals surface area contributed by atoms with E-state index < -0.39 is 0 Å². The average Bonchev–Trinajstić information content (AvgIpc) is 2.60. The van der Waals surface area contributed by atoms with Crippen LogP contribution in [-0.2, 0) is 11.3 Å². The zero-order chi connectivity index (χ0) is 16.1. The van der Waals surface area contributed by atoms with Gasteiger partial charge in [-0.3, -0.25) is 4.79 Å². The van der Waals surface area contributed by atoms with Gasteiger partial charge in [-0.15, -0.1) is 0 Å². The molecule has 3 heteroatoms. The van der Waals surface area contributed by atoms with Gasteiger partial charge in [0.15, 0.2) is 0 Å². The van der Waals surface area contributed by atoms with Crippen molar-refractivity contribution in [3.63, 3.8) is 0 Å². The highest BCUT2D eigenvalue weighted by Crippen LogP contribution is 2.27. The molecule has 1 aromatic rings. The topological polar surface area (TPSA) is 32.3 Å². The number of hydrogen-bond donors (Lipinski definition) is 1. The van der Waals surface area contributed by atoms with Crippen LogP contribution in [0.3, 0.4) is 0 Å². The summed E-state index contributed by atoms with van der Waals surface area (Å²) < 4.78 is 0. The Morgan fingerprint density at radius 3 is 2.61 bits per heavy atom. The summed E-state index contributed by atoms with van der Waals surface area (Å²) in [5.74, 6) is 1.30. The summed E-state index contributed by atoms with van der Waals surface area (Å²) >= 11 is 0. The zero-order valence-electron chi connectivity index (χ0n) is 14.3. The van der Waals surface area contributed by atoms with E-state index >= 15 is 0 Å². The standard InChI is InChI=1S/C20H30N2O/c1-16-12-19(21-13-17-8-4-2-5-9-17)15-22(14-16)20(23)18-10-6-3-7-11-18/h2,4-5,8-9,16,18-19,21H,3,6-7,10-15H2,1H3. The number of hydrogen-bond acceptors (Lipinski definition) is 2. The maximum Gasteiger partial charge on any atom is 0.225 e. The summed E-state index contributed by atoms with van der Waals surface area (Å²) in [5.41, 5.74) is 1.32. The molecule has 1 saturated heterocycles. The summed E-state index contributed by atoms with van der Waals surface area (Å²) in [7, 11) is 0. The Hall–Kier alpha value is -1.35. The Morgan fingerprint density at radius 1 is 1.13 bits per heavy atom. The van der Waals surface area contributed by atoms with Crippen LogP contribution in [0.2, 0.25) is 0 Å². The fourth-order valence-corrected chi connectivity index (χ4v) is 4.15. The number of amides is 1. The molecule has 0 radical (unpaired) electrons. The summed E-state index contributed by atoms with van der Waals surface area (Å²) in [4.78, 5) is 15.0. The van der Waals surface area contributed by atoms with Crippen LogP contribution in [0.5, 0.6) is 0 Å². The maximum absolute atomic E-state index is 12.8. The predicted octanol–water partition coefficient (Wildman–Crippen LogP) is 3.59. The van der Waals surface area contributed by atoms with Crippen LogP contribution in [0, 0.1) is 11.8 Å². The number of nitrogens with zero attached hydrogens (tertiary/aromatic N) is 1. The van der Waals surface area contributed by atoms with Gasteiger partial charge in [0.1, 0.15) is 0 Å². The molecule has 1 amide bonds. The lowest BCUT2D eigenvalue weighted by Gasteiger charge is -2.39. The van der Waals surface area contributed by atoms with Crippen molar-refractivity contribution in [3.8, 4) is 0 Å². The molecule has 1 saturated carbocycles. The molecule has 2 fully saturated rings. The molecule has 3 rings (SSSR count). The highest BCUT2D eigenvalue weighted by atomic mass is 16.2. The first-order chi connectivity index (χ1) is 11.2. The Morgan fingerprint density at radius 2 is 1.87 bits per heavy atom. The minimum atomic E-state index is 0.295. The van der Waals surface area contributed by atoms with Gasteiger partial charge < -0.3 is 10.2 Å². The number of nitrogens with one attached hydrogen (secondary N) is 1. The normalized spacial score (nSPS) is 26.2. The van der Waals surface area contributed by atoms with E-state index in [0.29, 0.717) is 23.8 Å². The molecule has 3 nitrogen and oxygen atoms in total. The van der Waals surface area contributed by atoms with Gasteiger partial charge in [0.2, 0.25) is 5.91 Å². The van der Waals surface area contributed by atoms with Gasteiger partial charge in [0, 0.05) is 31.6 Å². The quantitative estimate of drug-likeness (QED) is 0.921. The number of carbonyl (C=O) groups is 1. The molecule has 1 aromatic carbocycles. The molecule has 1 heterocycles. The highest BCUT2D eigenvalue weighted by molar-refractivity contribution is 5.79. The Balaban J connectivity index is 1.54. The van der Waals surface area contributed by atoms with Gasteiger partial charge in [-0.05, 0) is 30.7 Å². The minimum Gasteiger partial charge on any atom is -0.341 e. The van der Waals surface area contributed by atoms with Gasteiger partial charge in [-0.25, -0.2) is 0 Å². The SMILES string of the molecule is CC1CC(NCc2ccccc2)CN(C(=O)C2CCCCC2)C1. The number of likely N-dealkylation sites (tertiary alicyclic amines) is 1. The van der Waals surface area contributed by atoms with Crippen LogP contribution < -0.4 is 5.32 Å². The fourth-order valence-electron chi connectivity index (χ4n) is 4.15. The molecule has 2 atom stereocenters. The summed E-state index contributed by atoms with van der Waals surface area (Å²) in [6, 6.07) is 11.0. The number of piperidine rings is 1. The maximum atomic E-state index is 12.8. The summed E-state index contributed by atoms with van der Waals surface area (Å²) in [5, 5.41) is 3.66. The highest BCUT2D eigenvalue weighted by Gasteiger charge is 2.31. The van der Waals surface area contributed by atoms with Gasteiger partial charge >= 0.3 is 0 Å². The second-order valence-corrected chi connectivity index (χ2v) is 7.48. The van der Waals surface area contributed by atoms with E-state index in [1.54, 1.807) is 0 Å². The van der Waals surface area contributed by atoms with Gasteiger partial charge in [0.05, 0.1) is 0 Å². The van der Waals surface area contributed by atoms with Crippen LogP contribution >= 0.6 is 0 Å². The lowest BCUT2D eigenvalue weighted by Crippen LogP contribution is -2.52. The van der Waals surface area contributed by atoms with E-state index in [2.05, 4.69) is 47.5 Å². The van der Waals surface area contributed by atoms with Crippen molar-refractivity contribution in [2.24, 2.45) is 11.8 Å². The molecular weight excluding hydrogens is 284 g/mol. The van der Waals surface area contributed by atoms with Crippen molar-refractivity contribution < 1.29 is 4.79 Å². The van der Waals surface area contributed by atoms with E-state index in [4.69, 9.17) is 0 Å². The third-order valence-corrected chi connectivity index (χ3v) is 5.36. The van der Waals surface area contributed by atoms with Crippen LogP contribution in [0.25, 0.3) is 0 Å². The second kappa shape index (κ2) is 7.96. The van der Waals surface area contributed by atoms with Crippen molar-refractivity contribution in [1.29, 1.82) is 0 Å². The fraction of sp³-hybridized carbons (Fsp3) is 0.650. The summed E-state index contributed by atoms with van der Waals surface area (Å²) in [6.45, 7) is 4.99. The Bertz CT molecular complexity index is 496. The molecule has 2 unspecified atom stereocenters. The van der Waals surface area contributed by atoms with Crippen molar-refractivity contribution in [1.82, 2.24) is 10.2 Å². The molecule has 1 aliphatic heterocycles. The molecule has 2 aliphatic rings. The zero-order valence-corrected chi connectivity index (χ0v) is 14.3. The predicted molar refractivity (Wildman–Crippen MR) is 94.0 cm³/mol. The average molecular weight is 314 g/mol.